The van der Waals surface area contributed by atoms with E-state index < -0.39 is 0 Å². The van der Waals surface area contributed by atoms with Crippen LogP contribution in [0.1, 0.15) is 25.7 Å². The first-order valence-corrected chi connectivity index (χ1v) is 7.00. The number of benzene rings is 1. The molecule has 1 nitrogen and oxygen atoms in total. The van der Waals surface area contributed by atoms with Crippen molar-refractivity contribution in [3.8, 4) is 0 Å². The highest BCUT2D eigenvalue weighted by atomic mass is 35.5. The van der Waals surface area contributed by atoms with Gasteiger partial charge in [-0.25, -0.2) is 0 Å². The van der Waals surface area contributed by atoms with Crippen molar-refractivity contribution in [2.45, 2.75) is 35.3 Å². The summed E-state index contributed by atoms with van der Waals surface area (Å²) in [6.07, 6.45) is 5.40. The monoisotopic (exact) mass is 253 g/mol. The minimum absolute atomic E-state index is 0.265. The van der Waals surface area contributed by atoms with Crippen LogP contribution in [-0.4, -0.2) is 11.3 Å². The third-order valence-corrected chi connectivity index (χ3v) is 5.79. The Balaban J connectivity index is 1.76. The summed E-state index contributed by atoms with van der Waals surface area (Å²) >= 11 is 8.08. The molecule has 0 radical (unpaired) electrons. The fraction of sp³-hybridized carbons (Fsp3) is 0.538. The number of nitrogens with two attached hydrogens (primary N) is 1. The summed E-state index contributed by atoms with van der Waals surface area (Å²) in [5.74, 6) is 0. The second-order valence-electron chi connectivity index (χ2n) is 5.27. The van der Waals surface area contributed by atoms with Crippen molar-refractivity contribution in [1.82, 2.24) is 0 Å². The molecule has 0 aliphatic heterocycles. The number of hydrogen-bond acceptors (Lipinski definition) is 2. The molecular formula is C13H16ClNS. The maximum atomic E-state index is 6.19. The van der Waals surface area contributed by atoms with Crippen molar-refractivity contribution < 1.29 is 0 Å². The van der Waals surface area contributed by atoms with E-state index in [1.165, 1.54) is 30.6 Å². The minimum Gasteiger partial charge on any atom is -0.329 e. The van der Waals surface area contributed by atoms with E-state index in [4.69, 9.17) is 17.3 Å². The van der Waals surface area contributed by atoms with Crippen LogP contribution in [0, 0.1) is 5.41 Å². The van der Waals surface area contributed by atoms with Gasteiger partial charge in [0.2, 0.25) is 0 Å². The quantitative estimate of drug-likeness (QED) is 0.889. The summed E-state index contributed by atoms with van der Waals surface area (Å²) in [4.78, 5) is 1.19. The summed E-state index contributed by atoms with van der Waals surface area (Å²) in [6, 6.07) is 8.08. The van der Waals surface area contributed by atoms with E-state index in [0.717, 1.165) is 11.6 Å². The molecule has 2 saturated carbocycles. The largest absolute Gasteiger partial charge is 0.329 e. The van der Waals surface area contributed by atoms with Gasteiger partial charge in [-0.3, -0.25) is 0 Å². The van der Waals surface area contributed by atoms with Gasteiger partial charge in [0.25, 0.3) is 0 Å². The van der Waals surface area contributed by atoms with Gasteiger partial charge in [-0.15, -0.1) is 11.8 Å². The summed E-state index contributed by atoms with van der Waals surface area (Å²) < 4.78 is 0.265. The van der Waals surface area contributed by atoms with Crippen LogP contribution in [0.3, 0.4) is 0 Å². The molecule has 2 aliphatic carbocycles. The minimum atomic E-state index is 0.265. The van der Waals surface area contributed by atoms with Crippen LogP contribution in [0.5, 0.6) is 0 Å². The van der Waals surface area contributed by atoms with E-state index in [1.54, 1.807) is 0 Å². The summed E-state index contributed by atoms with van der Waals surface area (Å²) in [7, 11) is 0. The lowest BCUT2D eigenvalue weighted by atomic mass is 9.71. The molecular weight excluding hydrogens is 238 g/mol. The van der Waals surface area contributed by atoms with Gasteiger partial charge in [0.1, 0.15) is 0 Å². The third kappa shape index (κ3) is 1.77. The Labute approximate surface area is 106 Å². The molecule has 0 atom stereocenters. The topological polar surface area (TPSA) is 26.0 Å². The number of halogens is 1. The van der Waals surface area contributed by atoms with E-state index in [9.17, 15) is 0 Å². The van der Waals surface area contributed by atoms with E-state index in [-0.39, 0.29) is 4.75 Å². The molecule has 2 N–H and O–H groups in total. The van der Waals surface area contributed by atoms with Crippen LogP contribution >= 0.6 is 23.4 Å². The predicted molar refractivity (Wildman–Crippen MR) is 70.0 cm³/mol. The average molecular weight is 254 g/mol. The lowest BCUT2D eigenvalue weighted by molar-refractivity contribution is 0.210. The highest BCUT2D eigenvalue weighted by Crippen LogP contribution is 2.69. The molecule has 0 heterocycles. The van der Waals surface area contributed by atoms with Crippen LogP contribution < -0.4 is 5.73 Å². The molecule has 3 heteroatoms. The first-order valence-electron chi connectivity index (χ1n) is 5.81. The molecule has 2 fully saturated rings. The normalized spacial score (nSPS) is 24.1. The zero-order valence-electron chi connectivity index (χ0n) is 9.21. The Kier molecular flexibility index (Phi) is 2.50. The van der Waals surface area contributed by atoms with Gasteiger partial charge in [-0.2, -0.15) is 0 Å². The smallest absolute Gasteiger partial charge is 0.0542 e. The van der Waals surface area contributed by atoms with Crippen LogP contribution in [-0.2, 0) is 0 Å². The van der Waals surface area contributed by atoms with Crippen molar-refractivity contribution in [2.75, 3.05) is 6.54 Å². The molecule has 0 saturated heterocycles. The Morgan fingerprint density at radius 3 is 2.50 bits per heavy atom. The molecule has 0 bridgehead atoms. The van der Waals surface area contributed by atoms with Crippen molar-refractivity contribution in [3.63, 3.8) is 0 Å². The summed E-state index contributed by atoms with van der Waals surface area (Å²) in [6.45, 7) is 0.768. The van der Waals surface area contributed by atoms with Gasteiger partial charge in [0, 0.05) is 16.2 Å². The lowest BCUT2D eigenvalue weighted by Crippen LogP contribution is -2.48. The van der Waals surface area contributed by atoms with Gasteiger partial charge < -0.3 is 5.73 Å². The molecule has 0 amide bonds. The molecule has 0 unspecified atom stereocenters. The van der Waals surface area contributed by atoms with Gasteiger partial charge in [-0.1, -0.05) is 23.7 Å². The maximum absolute atomic E-state index is 6.19. The van der Waals surface area contributed by atoms with Gasteiger partial charge in [0.05, 0.1) is 5.02 Å². The molecule has 1 spiro atoms. The van der Waals surface area contributed by atoms with Crippen LogP contribution in [0.15, 0.2) is 29.2 Å². The molecule has 1 aromatic rings. The Morgan fingerprint density at radius 2 is 1.94 bits per heavy atom. The van der Waals surface area contributed by atoms with Gasteiger partial charge in [0.15, 0.2) is 0 Å². The van der Waals surface area contributed by atoms with E-state index in [2.05, 4.69) is 6.07 Å². The molecule has 0 aromatic heterocycles. The SMILES string of the molecule is NCC1(Sc2ccccc2Cl)CC2(CC2)C1. The predicted octanol–water partition coefficient (Wildman–Crippen LogP) is 3.70. The Bertz CT molecular complexity index is 406. The summed E-state index contributed by atoms with van der Waals surface area (Å²) in [5, 5.41) is 0.858. The van der Waals surface area contributed by atoms with Crippen molar-refractivity contribution in [1.29, 1.82) is 0 Å². The van der Waals surface area contributed by atoms with Crippen molar-refractivity contribution >= 4 is 23.4 Å². The third-order valence-electron chi connectivity index (χ3n) is 3.89. The molecule has 16 heavy (non-hydrogen) atoms. The highest BCUT2D eigenvalue weighted by molar-refractivity contribution is 8.00. The van der Waals surface area contributed by atoms with Crippen LogP contribution in [0.4, 0.5) is 0 Å². The molecule has 2 aliphatic rings. The molecule has 1 aromatic carbocycles. The van der Waals surface area contributed by atoms with Gasteiger partial charge in [-0.05, 0) is 43.2 Å². The first-order chi connectivity index (χ1) is 7.67. The standard InChI is InChI=1S/C13H16ClNS/c14-10-3-1-2-4-11(10)16-13(9-15)7-12(8-13)5-6-12/h1-4H,5-9,15H2. The Morgan fingerprint density at radius 1 is 1.25 bits per heavy atom. The first kappa shape index (κ1) is 10.9. The van der Waals surface area contributed by atoms with E-state index in [0.29, 0.717) is 5.41 Å². The van der Waals surface area contributed by atoms with Crippen molar-refractivity contribution in [3.05, 3.63) is 29.3 Å². The molecule has 86 valence electrons. The van der Waals surface area contributed by atoms with Gasteiger partial charge >= 0.3 is 0 Å². The second-order valence-corrected chi connectivity index (χ2v) is 7.19. The summed E-state index contributed by atoms with van der Waals surface area (Å²) in [5.41, 5.74) is 6.64. The van der Waals surface area contributed by atoms with E-state index in [1.807, 2.05) is 30.0 Å². The second kappa shape index (κ2) is 3.66. The van der Waals surface area contributed by atoms with Crippen LogP contribution in [0.2, 0.25) is 5.02 Å². The fourth-order valence-corrected chi connectivity index (χ4v) is 4.73. The zero-order valence-corrected chi connectivity index (χ0v) is 10.8. The van der Waals surface area contributed by atoms with E-state index >= 15 is 0 Å². The van der Waals surface area contributed by atoms with Crippen LogP contribution in [0.25, 0.3) is 0 Å². The Hall–Kier alpha value is -0.180. The maximum Gasteiger partial charge on any atom is 0.0542 e. The lowest BCUT2D eigenvalue weighted by Gasteiger charge is -2.47. The fourth-order valence-electron chi connectivity index (χ4n) is 2.86. The van der Waals surface area contributed by atoms with Crippen molar-refractivity contribution in [2.24, 2.45) is 11.1 Å². The number of rotatable bonds is 3. The number of hydrogen-bond donors (Lipinski definition) is 1. The average Bonchev–Trinajstić information content (AvgIpc) is 3.00. The highest BCUT2D eigenvalue weighted by Gasteiger charge is 2.60. The molecule has 3 rings (SSSR count). The zero-order chi connectivity index (χ0) is 11.2. The number of thioether (sulfide) groups is 1.